The van der Waals surface area contributed by atoms with Crippen molar-refractivity contribution in [1.82, 2.24) is 10.1 Å². The molecule has 0 aliphatic heterocycles. The molecule has 0 spiro atoms. The third-order valence-electron chi connectivity index (χ3n) is 2.42. The molecule has 90 valence electrons. The summed E-state index contributed by atoms with van der Waals surface area (Å²) in [6.45, 7) is 0. The minimum absolute atomic E-state index is 0.0396. The highest BCUT2D eigenvalue weighted by molar-refractivity contribution is 6.67. The van der Waals surface area contributed by atoms with Crippen LogP contribution in [-0.2, 0) is 0 Å². The van der Waals surface area contributed by atoms with Crippen LogP contribution >= 0.6 is 11.6 Å². The normalized spacial score (nSPS) is 10.9. The van der Waals surface area contributed by atoms with Crippen LogP contribution in [0.4, 0.5) is 0 Å². The molecule has 7 heteroatoms. The summed E-state index contributed by atoms with van der Waals surface area (Å²) in [5, 5.41) is 2.99. The van der Waals surface area contributed by atoms with Crippen molar-refractivity contribution in [2.45, 2.75) is 0 Å². The van der Waals surface area contributed by atoms with Crippen LogP contribution in [-0.4, -0.2) is 15.4 Å². The van der Waals surface area contributed by atoms with Gasteiger partial charge < -0.3 is 8.94 Å². The van der Waals surface area contributed by atoms with E-state index in [0.29, 0.717) is 22.4 Å². The molecule has 3 aromatic rings. The second-order valence-electron chi connectivity index (χ2n) is 3.58. The molecule has 0 aliphatic carbocycles. The Morgan fingerprint density at radius 1 is 1.33 bits per heavy atom. The van der Waals surface area contributed by atoms with Crippen molar-refractivity contribution in [1.29, 1.82) is 0 Å². The summed E-state index contributed by atoms with van der Waals surface area (Å²) in [5.41, 5.74) is 2.07. The number of H-pyrrole nitrogens is 1. The lowest BCUT2D eigenvalue weighted by Gasteiger charge is -1.93. The minimum atomic E-state index is -0.719. The van der Waals surface area contributed by atoms with Gasteiger partial charge in [-0.1, -0.05) is 11.2 Å². The Morgan fingerprint density at radius 2 is 2.17 bits per heavy atom. The van der Waals surface area contributed by atoms with Gasteiger partial charge in [-0.2, -0.15) is 0 Å². The van der Waals surface area contributed by atoms with Crippen LogP contribution in [0.1, 0.15) is 10.6 Å². The number of hydrogen-bond acceptors (Lipinski definition) is 5. The zero-order valence-corrected chi connectivity index (χ0v) is 9.52. The summed E-state index contributed by atoms with van der Waals surface area (Å²) in [6.07, 6.45) is 0. The van der Waals surface area contributed by atoms with Gasteiger partial charge in [-0.3, -0.25) is 9.78 Å². The van der Waals surface area contributed by atoms with E-state index < -0.39 is 11.0 Å². The van der Waals surface area contributed by atoms with E-state index in [-0.39, 0.29) is 5.76 Å². The van der Waals surface area contributed by atoms with Gasteiger partial charge in [-0.05, 0) is 23.7 Å². The standard InChI is InChI=1S/C11H5ClN2O4/c12-10(15)9-4-7(14-18-9)5-1-2-6-8(3-5)17-11(16)13-6/h1-4H,(H,13,16). The lowest BCUT2D eigenvalue weighted by molar-refractivity contribution is 0.104. The predicted molar refractivity (Wildman–Crippen MR) is 62.5 cm³/mol. The third kappa shape index (κ3) is 1.72. The summed E-state index contributed by atoms with van der Waals surface area (Å²) >= 11 is 5.26. The molecule has 2 aromatic heterocycles. The lowest BCUT2D eigenvalue weighted by atomic mass is 10.1. The number of aromatic amines is 1. The maximum absolute atomic E-state index is 11.0. The van der Waals surface area contributed by atoms with Crippen molar-refractivity contribution < 1.29 is 13.7 Å². The first kappa shape index (κ1) is 10.8. The molecular formula is C11H5ClN2O4. The maximum Gasteiger partial charge on any atom is 0.417 e. The highest BCUT2D eigenvalue weighted by atomic mass is 35.5. The van der Waals surface area contributed by atoms with Gasteiger partial charge in [0.05, 0.1) is 5.52 Å². The van der Waals surface area contributed by atoms with E-state index in [1.165, 1.54) is 6.07 Å². The van der Waals surface area contributed by atoms with Gasteiger partial charge in [0.1, 0.15) is 5.69 Å². The molecule has 0 atom stereocenters. The smallest absolute Gasteiger partial charge is 0.408 e. The fraction of sp³-hybridized carbons (Fsp3) is 0. The quantitative estimate of drug-likeness (QED) is 0.716. The number of oxazole rings is 1. The van der Waals surface area contributed by atoms with Crippen LogP contribution in [0, 0.1) is 0 Å². The number of rotatable bonds is 2. The Balaban J connectivity index is 2.12. The van der Waals surface area contributed by atoms with Crippen molar-refractivity contribution in [3.05, 3.63) is 40.6 Å². The van der Waals surface area contributed by atoms with Crippen LogP contribution in [0.15, 0.2) is 38.0 Å². The molecule has 0 saturated carbocycles. The van der Waals surface area contributed by atoms with E-state index in [1.54, 1.807) is 18.2 Å². The molecule has 0 saturated heterocycles. The van der Waals surface area contributed by atoms with Crippen molar-refractivity contribution >= 4 is 27.9 Å². The number of aromatic nitrogens is 2. The fourth-order valence-electron chi connectivity index (χ4n) is 1.61. The Bertz CT molecular complexity index is 799. The highest BCUT2D eigenvalue weighted by Crippen LogP contribution is 2.23. The third-order valence-corrected chi connectivity index (χ3v) is 2.61. The topological polar surface area (TPSA) is 89.1 Å². The Morgan fingerprint density at radius 3 is 2.89 bits per heavy atom. The van der Waals surface area contributed by atoms with E-state index in [4.69, 9.17) is 20.5 Å². The summed E-state index contributed by atoms with van der Waals surface area (Å²) < 4.78 is 9.69. The van der Waals surface area contributed by atoms with Crippen LogP contribution in [0.2, 0.25) is 0 Å². The van der Waals surface area contributed by atoms with Crippen molar-refractivity contribution in [3.63, 3.8) is 0 Å². The van der Waals surface area contributed by atoms with Crippen LogP contribution < -0.4 is 5.76 Å². The van der Waals surface area contributed by atoms with Crippen molar-refractivity contribution in [2.24, 2.45) is 0 Å². The monoisotopic (exact) mass is 264 g/mol. The summed E-state index contributed by atoms with van der Waals surface area (Å²) in [5.74, 6) is -0.568. The number of carbonyl (C=O) groups excluding carboxylic acids is 1. The van der Waals surface area contributed by atoms with E-state index >= 15 is 0 Å². The molecule has 2 heterocycles. The van der Waals surface area contributed by atoms with Gasteiger partial charge in [0.15, 0.2) is 5.58 Å². The van der Waals surface area contributed by atoms with E-state index in [2.05, 4.69) is 10.1 Å². The second kappa shape index (κ2) is 3.85. The second-order valence-corrected chi connectivity index (χ2v) is 3.92. The van der Waals surface area contributed by atoms with Crippen LogP contribution in [0.5, 0.6) is 0 Å². The van der Waals surface area contributed by atoms with Gasteiger partial charge >= 0.3 is 5.76 Å². The fourth-order valence-corrected chi connectivity index (χ4v) is 1.70. The summed E-state index contributed by atoms with van der Waals surface area (Å²) in [6, 6.07) is 6.43. The Kier molecular flexibility index (Phi) is 2.31. The van der Waals surface area contributed by atoms with Gasteiger partial charge in [-0.15, -0.1) is 0 Å². The zero-order chi connectivity index (χ0) is 12.7. The molecule has 0 aliphatic rings. The zero-order valence-electron chi connectivity index (χ0n) is 8.77. The van der Waals surface area contributed by atoms with Gasteiger partial charge in [0, 0.05) is 11.6 Å². The summed E-state index contributed by atoms with van der Waals surface area (Å²) in [7, 11) is 0. The maximum atomic E-state index is 11.0. The van der Waals surface area contributed by atoms with Crippen LogP contribution in [0.3, 0.4) is 0 Å². The molecule has 18 heavy (non-hydrogen) atoms. The van der Waals surface area contributed by atoms with Gasteiger partial charge in [0.25, 0.3) is 5.24 Å². The van der Waals surface area contributed by atoms with Gasteiger partial charge in [-0.25, -0.2) is 4.79 Å². The predicted octanol–water partition coefficient (Wildman–Crippen LogP) is 2.16. The molecule has 3 rings (SSSR count). The number of halogens is 1. The average Bonchev–Trinajstić information content (AvgIpc) is 2.91. The Labute approximate surface area is 104 Å². The molecule has 1 N–H and O–H groups in total. The molecule has 0 fully saturated rings. The number of benzene rings is 1. The average molecular weight is 265 g/mol. The molecule has 0 unspecified atom stereocenters. The highest BCUT2D eigenvalue weighted by Gasteiger charge is 2.12. The van der Waals surface area contributed by atoms with Crippen molar-refractivity contribution in [2.75, 3.05) is 0 Å². The van der Waals surface area contributed by atoms with Crippen LogP contribution in [0.25, 0.3) is 22.4 Å². The number of nitrogens with zero attached hydrogens (tertiary/aromatic N) is 1. The van der Waals surface area contributed by atoms with E-state index in [1.807, 2.05) is 0 Å². The SMILES string of the molecule is O=C(Cl)c1cc(-c2ccc3[nH]c(=O)oc3c2)no1. The molecule has 0 amide bonds. The number of carbonyl (C=O) groups is 1. The first-order valence-corrected chi connectivity index (χ1v) is 5.31. The number of fused-ring (bicyclic) bond motifs is 1. The minimum Gasteiger partial charge on any atom is -0.408 e. The van der Waals surface area contributed by atoms with Gasteiger partial charge in [0.2, 0.25) is 5.76 Å². The van der Waals surface area contributed by atoms with E-state index in [0.717, 1.165) is 0 Å². The number of hydrogen-bond donors (Lipinski definition) is 1. The molecule has 1 aromatic carbocycles. The first-order valence-electron chi connectivity index (χ1n) is 4.93. The molecule has 6 nitrogen and oxygen atoms in total. The summed E-state index contributed by atoms with van der Waals surface area (Å²) in [4.78, 5) is 24.4. The van der Waals surface area contributed by atoms with Crippen molar-refractivity contribution in [3.8, 4) is 11.3 Å². The number of nitrogens with one attached hydrogen (secondary N) is 1. The Hall–Kier alpha value is -2.34. The molecular weight excluding hydrogens is 260 g/mol. The first-order chi connectivity index (χ1) is 8.63. The largest absolute Gasteiger partial charge is 0.417 e. The van der Waals surface area contributed by atoms with E-state index in [9.17, 15) is 9.59 Å². The molecule has 0 radical (unpaired) electrons. The molecule has 0 bridgehead atoms. The lowest BCUT2D eigenvalue weighted by Crippen LogP contribution is -1.92.